The Morgan fingerprint density at radius 2 is 1.69 bits per heavy atom. The molecule has 3 rings (SSSR count). The molecule has 0 spiro atoms. The molecule has 1 heterocycles. The van der Waals surface area contributed by atoms with Gasteiger partial charge in [-0.3, -0.25) is 4.79 Å². The summed E-state index contributed by atoms with van der Waals surface area (Å²) in [7, 11) is 1.95. The molecule has 0 atom stereocenters. The molecule has 0 saturated heterocycles. The first-order valence-electron chi connectivity index (χ1n) is 9.33. The fraction of sp³-hybridized carbons (Fsp3) is 0.227. The van der Waals surface area contributed by atoms with Crippen LogP contribution in [0.1, 0.15) is 11.1 Å². The second-order valence-electron chi connectivity index (χ2n) is 6.55. The molecule has 5 nitrogen and oxygen atoms in total. The molecule has 0 radical (unpaired) electrons. The van der Waals surface area contributed by atoms with Gasteiger partial charge >= 0.3 is 0 Å². The van der Waals surface area contributed by atoms with Crippen LogP contribution in [0.15, 0.2) is 71.9 Å². The van der Waals surface area contributed by atoms with Gasteiger partial charge in [0, 0.05) is 26.2 Å². The lowest BCUT2D eigenvalue weighted by atomic mass is 10.1. The lowest BCUT2D eigenvalue weighted by Crippen LogP contribution is -2.27. The highest BCUT2D eigenvalue weighted by Crippen LogP contribution is 2.22. The summed E-state index contributed by atoms with van der Waals surface area (Å²) < 4.78 is 0. The molecule has 150 valence electrons. The van der Waals surface area contributed by atoms with Crippen LogP contribution in [0.25, 0.3) is 0 Å². The largest absolute Gasteiger partial charge is 0.355 e. The molecular formula is C22H23ClN4OS. The van der Waals surface area contributed by atoms with Crippen LogP contribution in [0.5, 0.6) is 0 Å². The van der Waals surface area contributed by atoms with E-state index in [0.29, 0.717) is 23.4 Å². The van der Waals surface area contributed by atoms with E-state index >= 15 is 0 Å². The zero-order valence-corrected chi connectivity index (χ0v) is 17.8. The van der Waals surface area contributed by atoms with E-state index in [4.69, 9.17) is 11.6 Å². The summed E-state index contributed by atoms with van der Waals surface area (Å²) >= 11 is 7.45. The van der Waals surface area contributed by atoms with Crippen LogP contribution in [0.2, 0.25) is 5.15 Å². The van der Waals surface area contributed by atoms with Gasteiger partial charge < -0.3 is 10.2 Å². The predicted molar refractivity (Wildman–Crippen MR) is 119 cm³/mol. The SMILES string of the molecule is CN(Cc1ccccc1)c1cc(Cl)nc(SCC(=O)NCCc2ccccc2)n1. The molecule has 2 aromatic carbocycles. The van der Waals surface area contributed by atoms with Gasteiger partial charge in [-0.15, -0.1) is 0 Å². The molecule has 0 aliphatic carbocycles. The Morgan fingerprint density at radius 1 is 1.03 bits per heavy atom. The second kappa shape index (κ2) is 10.8. The highest BCUT2D eigenvalue weighted by Gasteiger charge is 2.11. The van der Waals surface area contributed by atoms with Crippen molar-refractivity contribution in [3.63, 3.8) is 0 Å². The van der Waals surface area contributed by atoms with E-state index in [-0.39, 0.29) is 11.7 Å². The molecule has 3 aromatic rings. The molecule has 0 saturated carbocycles. The van der Waals surface area contributed by atoms with Gasteiger partial charge in [0.25, 0.3) is 0 Å². The molecule has 0 fully saturated rings. The molecule has 0 aliphatic rings. The number of thioether (sulfide) groups is 1. The van der Waals surface area contributed by atoms with E-state index in [0.717, 1.165) is 12.2 Å². The number of hydrogen-bond donors (Lipinski definition) is 1. The van der Waals surface area contributed by atoms with Gasteiger partial charge in [-0.25, -0.2) is 9.97 Å². The number of nitrogens with zero attached hydrogens (tertiary/aromatic N) is 3. The van der Waals surface area contributed by atoms with E-state index < -0.39 is 0 Å². The first-order chi connectivity index (χ1) is 14.1. The topological polar surface area (TPSA) is 58.1 Å². The van der Waals surface area contributed by atoms with E-state index in [1.54, 1.807) is 6.07 Å². The van der Waals surface area contributed by atoms with Gasteiger partial charge in [0.1, 0.15) is 11.0 Å². The zero-order chi connectivity index (χ0) is 20.5. The van der Waals surface area contributed by atoms with Crippen LogP contribution in [-0.4, -0.2) is 35.2 Å². The highest BCUT2D eigenvalue weighted by molar-refractivity contribution is 7.99. The van der Waals surface area contributed by atoms with Crippen LogP contribution in [-0.2, 0) is 17.8 Å². The first kappa shape index (κ1) is 21.1. The van der Waals surface area contributed by atoms with E-state index in [1.807, 2.05) is 60.5 Å². The van der Waals surface area contributed by atoms with Gasteiger partial charge in [-0.05, 0) is 17.5 Å². The fourth-order valence-electron chi connectivity index (χ4n) is 2.76. The Balaban J connectivity index is 1.50. The third-order valence-corrected chi connectivity index (χ3v) is 5.27. The number of hydrogen-bond acceptors (Lipinski definition) is 5. The number of nitrogens with one attached hydrogen (secondary N) is 1. The normalized spacial score (nSPS) is 10.6. The van der Waals surface area contributed by atoms with Crippen molar-refractivity contribution in [1.29, 1.82) is 0 Å². The summed E-state index contributed by atoms with van der Waals surface area (Å²) in [5.41, 5.74) is 2.38. The minimum atomic E-state index is -0.0475. The van der Waals surface area contributed by atoms with Crippen LogP contribution in [0.3, 0.4) is 0 Å². The fourth-order valence-corrected chi connectivity index (χ4v) is 3.67. The Morgan fingerprint density at radius 3 is 2.38 bits per heavy atom. The van der Waals surface area contributed by atoms with Crippen molar-refractivity contribution >= 4 is 35.1 Å². The Labute approximate surface area is 180 Å². The zero-order valence-electron chi connectivity index (χ0n) is 16.2. The molecular weight excluding hydrogens is 404 g/mol. The minimum absolute atomic E-state index is 0.0475. The number of rotatable bonds is 9. The lowest BCUT2D eigenvalue weighted by Gasteiger charge is -2.19. The molecule has 1 aromatic heterocycles. The van der Waals surface area contributed by atoms with Gasteiger partial charge in [-0.2, -0.15) is 0 Å². The molecule has 1 amide bonds. The summed E-state index contributed by atoms with van der Waals surface area (Å²) in [6.45, 7) is 1.31. The van der Waals surface area contributed by atoms with Gasteiger partial charge in [-0.1, -0.05) is 84.0 Å². The number of aromatic nitrogens is 2. The maximum Gasteiger partial charge on any atom is 0.230 e. The van der Waals surface area contributed by atoms with Crippen LogP contribution in [0.4, 0.5) is 5.82 Å². The van der Waals surface area contributed by atoms with Crippen LogP contribution in [0, 0.1) is 0 Å². The third-order valence-electron chi connectivity index (χ3n) is 4.23. The number of carbonyl (C=O) groups excluding carboxylic acids is 1. The number of halogens is 1. The summed E-state index contributed by atoms with van der Waals surface area (Å²) in [4.78, 5) is 22.9. The van der Waals surface area contributed by atoms with Crippen molar-refractivity contribution in [3.05, 3.63) is 83.0 Å². The molecule has 1 N–H and O–H groups in total. The Kier molecular flexibility index (Phi) is 7.90. The van der Waals surface area contributed by atoms with Gasteiger partial charge in [0.2, 0.25) is 5.91 Å². The Hall–Kier alpha value is -2.57. The molecule has 0 aliphatic heterocycles. The van der Waals surface area contributed by atoms with Crippen molar-refractivity contribution in [3.8, 4) is 0 Å². The molecule has 7 heteroatoms. The van der Waals surface area contributed by atoms with Crippen molar-refractivity contribution in [1.82, 2.24) is 15.3 Å². The van der Waals surface area contributed by atoms with Gasteiger partial charge in [0.15, 0.2) is 5.16 Å². The first-order valence-corrected chi connectivity index (χ1v) is 10.7. The van der Waals surface area contributed by atoms with Crippen molar-refractivity contribution in [2.75, 3.05) is 24.2 Å². The summed E-state index contributed by atoms with van der Waals surface area (Å²) in [5.74, 6) is 0.922. The average Bonchev–Trinajstić information content (AvgIpc) is 2.73. The standard InChI is InChI=1S/C22H23ClN4OS/c1-27(15-18-10-6-3-7-11-18)20-14-19(23)25-22(26-20)29-16-21(28)24-13-12-17-8-4-2-5-9-17/h2-11,14H,12-13,15-16H2,1H3,(H,24,28). The number of anilines is 1. The Bertz CT molecular complexity index is 925. The predicted octanol–water partition coefficient (Wildman–Crippen LogP) is 4.22. The molecule has 0 bridgehead atoms. The van der Waals surface area contributed by atoms with Crippen molar-refractivity contribution in [2.24, 2.45) is 0 Å². The second-order valence-corrected chi connectivity index (χ2v) is 7.88. The third kappa shape index (κ3) is 7.07. The quantitative estimate of drug-likeness (QED) is 0.315. The van der Waals surface area contributed by atoms with E-state index in [2.05, 4.69) is 27.4 Å². The van der Waals surface area contributed by atoms with Crippen LogP contribution >= 0.6 is 23.4 Å². The maximum absolute atomic E-state index is 12.1. The summed E-state index contributed by atoms with van der Waals surface area (Å²) in [6.07, 6.45) is 0.805. The van der Waals surface area contributed by atoms with Crippen molar-refractivity contribution in [2.45, 2.75) is 18.1 Å². The molecule has 0 unspecified atom stereocenters. The van der Waals surface area contributed by atoms with Crippen LogP contribution < -0.4 is 10.2 Å². The number of benzene rings is 2. The smallest absolute Gasteiger partial charge is 0.230 e. The monoisotopic (exact) mass is 426 g/mol. The minimum Gasteiger partial charge on any atom is -0.355 e. The van der Waals surface area contributed by atoms with Gasteiger partial charge in [0.05, 0.1) is 5.75 Å². The van der Waals surface area contributed by atoms with E-state index in [1.165, 1.54) is 22.9 Å². The summed E-state index contributed by atoms with van der Waals surface area (Å²) in [6, 6.07) is 21.9. The molecule has 29 heavy (non-hydrogen) atoms. The lowest BCUT2D eigenvalue weighted by molar-refractivity contribution is -0.118. The highest BCUT2D eigenvalue weighted by atomic mass is 35.5. The summed E-state index contributed by atoms with van der Waals surface area (Å²) in [5, 5.41) is 3.78. The van der Waals surface area contributed by atoms with Crippen molar-refractivity contribution < 1.29 is 4.79 Å². The number of amides is 1. The average molecular weight is 427 g/mol. The van der Waals surface area contributed by atoms with E-state index in [9.17, 15) is 4.79 Å². The number of carbonyl (C=O) groups is 1. The maximum atomic E-state index is 12.1.